The van der Waals surface area contributed by atoms with E-state index in [0.29, 0.717) is 0 Å². The molecule has 0 amide bonds. The average molecular weight is 193 g/mol. The molecule has 0 bridgehead atoms. The maximum atomic E-state index is 11.4. The van der Waals surface area contributed by atoms with E-state index in [-0.39, 0.29) is 17.0 Å². The molecular formula is C8H19NO2S. The summed E-state index contributed by atoms with van der Waals surface area (Å²) < 4.78 is 22.8. The van der Waals surface area contributed by atoms with Crippen LogP contribution < -0.4 is 5.32 Å². The SMILES string of the molecule is CCC(CS(=O)(=O)C(C)C)NC. The summed E-state index contributed by atoms with van der Waals surface area (Å²) >= 11 is 0. The van der Waals surface area contributed by atoms with E-state index in [4.69, 9.17) is 0 Å². The highest BCUT2D eigenvalue weighted by Crippen LogP contribution is 2.04. The van der Waals surface area contributed by atoms with Gasteiger partial charge in [-0.15, -0.1) is 0 Å². The Labute approximate surface area is 75.5 Å². The summed E-state index contributed by atoms with van der Waals surface area (Å²) in [6.45, 7) is 5.42. The van der Waals surface area contributed by atoms with Crippen molar-refractivity contribution in [3.05, 3.63) is 0 Å². The number of rotatable bonds is 5. The van der Waals surface area contributed by atoms with Crippen LogP contribution in [0.5, 0.6) is 0 Å². The molecule has 0 rings (SSSR count). The Morgan fingerprint density at radius 1 is 1.33 bits per heavy atom. The maximum Gasteiger partial charge on any atom is 0.154 e. The van der Waals surface area contributed by atoms with Gasteiger partial charge in [0.1, 0.15) is 0 Å². The van der Waals surface area contributed by atoms with Crippen molar-refractivity contribution in [3.8, 4) is 0 Å². The van der Waals surface area contributed by atoms with Crippen LogP contribution in [0.4, 0.5) is 0 Å². The molecule has 0 spiro atoms. The zero-order valence-electron chi connectivity index (χ0n) is 8.29. The van der Waals surface area contributed by atoms with Crippen LogP contribution in [-0.4, -0.2) is 32.5 Å². The molecule has 0 aromatic heterocycles. The summed E-state index contributed by atoms with van der Waals surface area (Å²) in [5.74, 6) is 0.248. The molecule has 12 heavy (non-hydrogen) atoms. The van der Waals surface area contributed by atoms with E-state index < -0.39 is 9.84 Å². The molecular weight excluding hydrogens is 174 g/mol. The van der Waals surface area contributed by atoms with E-state index >= 15 is 0 Å². The zero-order valence-corrected chi connectivity index (χ0v) is 9.11. The lowest BCUT2D eigenvalue weighted by molar-refractivity contribution is 0.550. The molecule has 4 heteroatoms. The Hall–Kier alpha value is -0.0900. The van der Waals surface area contributed by atoms with Crippen molar-refractivity contribution in [1.29, 1.82) is 0 Å². The summed E-state index contributed by atoms with van der Waals surface area (Å²) in [5, 5.41) is 2.72. The zero-order chi connectivity index (χ0) is 9.78. The first-order valence-electron chi connectivity index (χ1n) is 4.32. The van der Waals surface area contributed by atoms with Gasteiger partial charge in [0.15, 0.2) is 9.84 Å². The first-order valence-corrected chi connectivity index (χ1v) is 6.04. The summed E-state index contributed by atoms with van der Waals surface area (Å²) in [7, 11) is -1.09. The van der Waals surface area contributed by atoms with Crippen LogP contribution in [0.2, 0.25) is 0 Å². The van der Waals surface area contributed by atoms with Crippen LogP contribution in [0.1, 0.15) is 27.2 Å². The van der Waals surface area contributed by atoms with E-state index in [9.17, 15) is 8.42 Å². The van der Waals surface area contributed by atoms with E-state index in [2.05, 4.69) is 5.32 Å². The van der Waals surface area contributed by atoms with Crippen molar-refractivity contribution >= 4 is 9.84 Å². The summed E-state index contributed by atoms with van der Waals surface area (Å²) in [6.07, 6.45) is 0.850. The molecule has 0 aliphatic carbocycles. The third-order valence-corrected chi connectivity index (χ3v) is 4.36. The van der Waals surface area contributed by atoms with E-state index in [0.717, 1.165) is 6.42 Å². The predicted octanol–water partition coefficient (Wildman–Crippen LogP) is 0.808. The molecule has 0 aromatic rings. The number of hydrogen-bond acceptors (Lipinski definition) is 3. The minimum atomic E-state index is -2.88. The Kier molecular flexibility index (Phi) is 4.78. The number of nitrogens with one attached hydrogen (secondary N) is 1. The molecule has 3 nitrogen and oxygen atoms in total. The van der Waals surface area contributed by atoms with Gasteiger partial charge in [-0.1, -0.05) is 6.92 Å². The molecule has 74 valence electrons. The molecule has 0 aliphatic heterocycles. The second-order valence-corrected chi connectivity index (χ2v) is 5.87. The van der Waals surface area contributed by atoms with Crippen molar-refractivity contribution in [2.24, 2.45) is 0 Å². The second-order valence-electron chi connectivity index (χ2n) is 3.27. The van der Waals surface area contributed by atoms with Crippen LogP contribution >= 0.6 is 0 Å². The Bertz CT molecular complexity index is 205. The van der Waals surface area contributed by atoms with Gasteiger partial charge in [-0.3, -0.25) is 0 Å². The van der Waals surface area contributed by atoms with Gasteiger partial charge in [0, 0.05) is 6.04 Å². The fourth-order valence-electron chi connectivity index (χ4n) is 0.878. The molecule has 0 heterocycles. The van der Waals surface area contributed by atoms with Gasteiger partial charge >= 0.3 is 0 Å². The summed E-state index contributed by atoms with van der Waals surface area (Å²) in [6, 6.07) is 0.0948. The maximum absolute atomic E-state index is 11.4. The first kappa shape index (κ1) is 11.9. The molecule has 0 saturated carbocycles. The van der Waals surface area contributed by atoms with Gasteiger partial charge in [-0.25, -0.2) is 8.42 Å². The lowest BCUT2D eigenvalue weighted by Crippen LogP contribution is -2.35. The molecule has 0 fully saturated rings. The molecule has 1 unspecified atom stereocenters. The minimum absolute atomic E-state index is 0.0948. The van der Waals surface area contributed by atoms with Crippen LogP contribution in [-0.2, 0) is 9.84 Å². The van der Waals surface area contributed by atoms with Crippen LogP contribution in [0.15, 0.2) is 0 Å². The van der Waals surface area contributed by atoms with Gasteiger partial charge in [0.25, 0.3) is 0 Å². The summed E-state index contributed by atoms with van der Waals surface area (Å²) in [4.78, 5) is 0. The molecule has 0 radical (unpaired) electrons. The highest BCUT2D eigenvalue weighted by molar-refractivity contribution is 7.92. The van der Waals surface area contributed by atoms with Crippen LogP contribution in [0.3, 0.4) is 0 Å². The van der Waals surface area contributed by atoms with Gasteiger partial charge < -0.3 is 5.32 Å². The normalized spacial score (nSPS) is 15.1. The van der Waals surface area contributed by atoms with Crippen molar-refractivity contribution in [2.45, 2.75) is 38.5 Å². The van der Waals surface area contributed by atoms with Crippen LogP contribution in [0.25, 0.3) is 0 Å². The molecule has 1 atom stereocenters. The van der Waals surface area contributed by atoms with Gasteiger partial charge in [0.2, 0.25) is 0 Å². The van der Waals surface area contributed by atoms with Crippen molar-refractivity contribution < 1.29 is 8.42 Å². The topological polar surface area (TPSA) is 46.2 Å². The fraction of sp³-hybridized carbons (Fsp3) is 1.00. The Morgan fingerprint density at radius 3 is 2.08 bits per heavy atom. The largest absolute Gasteiger partial charge is 0.316 e. The quantitative estimate of drug-likeness (QED) is 0.703. The minimum Gasteiger partial charge on any atom is -0.316 e. The molecule has 1 N–H and O–H groups in total. The lowest BCUT2D eigenvalue weighted by atomic mass is 10.3. The molecule has 0 aliphatic rings. The third kappa shape index (κ3) is 3.54. The highest BCUT2D eigenvalue weighted by Gasteiger charge is 2.19. The fourth-order valence-corrected chi connectivity index (χ4v) is 2.23. The predicted molar refractivity (Wildman–Crippen MR) is 52.1 cm³/mol. The van der Waals surface area contributed by atoms with E-state index in [1.54, 1.807) is 20.9 Å². The smallest absolute Gasteiger partial charge is 0.154 e. The van der Waals surface area contributed by atoms with Crippen molar-refractivity contribution in [2.75, 3.05) is 12.8 Å². The van der Waals surface area contributed by atoms with Gasteiger partial charge in [-0.2, -0.15) is 0 Å². The molecule has 0 aromatic carbocycles. The van der Waals surface area contributed by atoms with Gasteiger partial charge in [-0.05, 0) is 27.3 Å². The standard InChI is InChI=1S/C8H19NO2S/c1-5-8(9-4)6-12(10,11)7(2)3/h7-9H,5-6H2,1-4H3. The summed E-state index contributed by atoms with van der Waals surface area (Å²) in [5.41, 5.74) is 0. The van der Waals surface area contributed by atoms with Crippen molar-refractivity contribution in [1.82, 2.24) is 5.32 Å². The van der Waals surface area contributed by atoms with Crippen LogP contribution in [0, 0.1) is 0 Å². The van der Waals surface area contributed by atoms with E-state index in [1.807, 2.05) is 6.92 Å². The lowest BCUT2D eigenvalue weighted by Gasteiger charge is -2.15. The Balaban J connectivity index is 4.23. The molecule has 0 saturated heterocycles. The first-order chi connectivity index (χ1) is 5.44. The number of hydrogen-bond donors (Lipinski definition) is 1. The third-order valence-electron chi connectivity index (χ3n) is 2.05. The average Bonchev–Trinajstić information content (AvgIpc) is 2.00. The van der Waals surface area contributed by atoms with Gasteiger partial charge in [0.05, 0.1) is 11.0 Å². The monoisotopic (exact) mass is 193 g/mol. The van der Waals surface area contributed by atoms with E-state index in [1.165, 1.54) is 0 Å². The number of sulfone groups is 1. The highest BCUT2D eigenvalue weighted by atomic mass is 32.2. The van der Waals surface area contributed by atoms with Crippen molar-refractivity contribution in [3.63, 3.8) is 0 Å². The Morgan fingerprint density at radius 2 is 1.83 bits per heavy atom. The second kappa shape index (κ2) is 4.82.